The molecule has 2 N–H and O–H groups in total. The van der Waals surface area contributed by atoms with Crippen LogP contribution in [0, 0.1) is 0 Å². The van der Waals surface area contributed by atoms with E-state index in [1.807, 2.05) is 11.8 Å². The van der Waals surface area contributed by atoms with E-state index in [9.17, 15) is 9.90 Å². The van der Waals surface area contributed by atoms with Gasteiger partial charge in [0, 0.05) is 19.1 Å². The monoisotopic (exact) mass is 298 g/mol. The zero-order chi connectivity index (χ0) is 12.8. The van der Waals surface area contributed by atoms with Crippen LogP contribution in [0.3, 0.4) is 0 Å². The highest BCUT2D eigenvalue weighted by Gasteiger charge is 2.34. The van der Waals surface area contributed by atoms with Gasteiger partial charge in [-0.05, 0) is 32.0 Å². The number of halogens is 1. The summed E-state index contributed by atoms with van der Waals surface area (Å²) in [6.45, 7) is 2.39. The molecule has 0 aromatic heterocycles. The van der Waals surface area contributed by atoms with Gasteiger partial charge >= 0.3 is 5.97 Å². The summed E-state index contributed by atoms with van der Waals surface area (Å²) >= 11 is 1.82. The summed E-state index contributed by atoms with van der Waals surface area (Å²) in [6, 6.07) is -0.0552. The SMILES string of the molecule is CSCCCN1CC(N(C)CC(=O)O)[C@H](O)C1.Cl. The van der Waals surface area contributed by atoms with Crippen molar-refractivity contribution in [3.05, 3.63) is 0 Å². The van der Waals surface area contributed by atoms with E-state index in [2.05, 4.69) is 11.2 Å². The van der Waals surface area contributed by atoms with E-state index in [0.717, 1.165) is 25.3 Å². The first-order valence-electron chi connectivity index (χ1n) is 5.86. The number of hydrogen-bond acceptors (Lipinski definition) is 5. The fourth-order valence-electron chi connectivity index (χ4n) is 2.23. The van der Waals surface area contributed by atoms with E-state index < -0.39 is 12.1 Å². The number of carbonyl (C=O) groups is 1. The maximum atomic E-state index is 10.6. The first kappa shape index (κ1) is 18.0. The van der Waals surface area contributed by atoms with Crippen molar-refractivity contribution in [2.24, 2.45) is 0 Å². The molecule has 0 radical (unpaired) electrons. The Hall–Kier alpha value is -0.0100. The van der Waals surface area contributed by atoms with Gasteiger partial charge in [0.2, 0.25) is 0 Å². The fourth-order valence-corrected chi connectivity index (χ4v) is 2.64. The van der Waals surface area contributed by atoms with Gasteiger partial charge in [0.25, 0.3) is 0 Å². The van der Waals surface area contributed by atoms with Gasteiger partial charge in [0.1, 0.15) is 0 Å². The second kappa shape index (κ2) is 8.98. The molecule has 0 aromatic carbocycles. The van der Waals surface area contributed by atoms with Gasteiger partial charge in [-0.3, -0.25) is 14.6 Å². The number of rotatable bonds is 7. The number of carboxylic acids is 1. The molecule has 7 heteroatoms. The summed E-state index contributed by atoms with van der Waals surface area (Å²) < 4.78 is 0. The molecular weight excluding hydrogens is 276 g/mol. The van der Waals surface area contributed by atoms with Crippen LogP contribution in [0.15, 0.2) is 0 Å². The number of carboxylic acid groups (broad SMARTS) is 1. The second-order valence-corrected chi connectivity index (χ2v) is 5.54. The molecule has 0 bridgehead atoms. The van der Waals surface area contributed by atoms with Crippen LogP contribution in [-0.4, -0.2) is 83.4 Å². The van der Waals surface area contributed by atoms with Gasteiger partial charge in [-0.2, -0.15) is 11.8 Å². The maximum absolute atomic E-state index is 10.6. The lowest BCUT2D eigenvalue weighted by Crippen LogP contribution is -2.43. The zero-order valence-electron chi connectivity index (χ0n) is 10.9. The van der Waals surface area contributed by atoms with E-state index in [1.54, 1.807) is 11.9 Å². The van der Waals surface area contributed by atoms with Crippen LogP contribution < -0.4 is 0 Å². The summed E-state index contributed by atoms with van der Waals surface area (Å²) in [5.74, 6) is 0.280. The Labute approximate surface area is 119 Å². The van der Waals surface area contributed by atoms with Crippen LogP contribution in [0.4, 0.5) is 0 Å². The molecular formula is C11H23ClN2O3S. The smallest absolute Gasteiger partial charge is 0.317 e. The number of β-amino-alcohol motifs (C(OH)–C–C–N with tert-alkyl or cyclic N) is 1. The van der Waals surface area contributed by atoms with Crippen molar-refractivity contribution in [3.63, 3.8) is 0 Å². The highest BCUT2D eigenvalue weighted by molar-refractivity contribution is 7.98. The molecule has 108 valence electrons. The third-order valence-electron chi connectivity index (χ3n) is 3.11. The first-order chi connectivity index (χ1) is 8.04. The third-order valence-corrected chi connectivity index (χ3v) is 3.81. The molecule has 1 aliphatic heterocycles. The topological polar surface area (TPSA) is 64.0 Å². The predicted molar refractivity (Wildman–Crippen MR) is 76.7 cm³/mol. The molecule has 1 rings (SSSR count). The Morgan fingerprint density at radius 2 is 2.17 bits per heavy atom. The van der Waals surface area contributed by atoms with Crippen molar-refractivity contribution in [2.45, 2.75) is 18.6 Å². The molecule has 2 atom stereocenters. The lowest BCUT2D eigenvalue weighted by molar-refractivity contribution is -0.138. The quantitative estimate of drug-likeness (QED) is 0.656. The standard InChI is InChI=1S/C11H22N2O3S.ClH/c1-12(8-11(15)16)9-6-13(7-10(9)14)4-3-5-17-2;/h9-10,14H,3-8H2,1-2H3,(H,15,16);1H/t9?,10-;/m1./s1. The molecule has 0 amide bonds. The molecule has 0 saturated carbocycles. The van der Waals surface area contributed by atoms with E-state index in [4.69, 9.17) is 5.11 Å². The normalized spacial score (nSPS) is 24.2. The van der Waals surface area contributed by atoms with Gasteiger partial charge in [0.15, 0.2) is 0 Å². The van der Waals surface area contributed by atoms with E-state index in [-0.39, 0.29) is 25.0 Å². The molecule has 0 aromatic rings. The van der Waals surface area contributed by atoms with Crippen LogP contribution in [0.5, 0.6) is 0 Å². The van der Waals surface area contributed by atoms with Gasteiger partial charge < -0.3 is 10.2 Å². The van der Waals surface area contributed by atoms with Gasteiger partial charge in [0.05, 0.1) is 12.6 Å². The van der Waals surface area contributed by atoms with Crippen LogP contribution in [0.1, 0.15) is 6.42 Å². The van der Waals surface area contributed by atoms with Crippen LogP contribution in [0.25, 0.3) is 0 Å². The molecule has 1 unspecified atom stereocenters. The van der Waals surface area contributed by atoms with Crippen LogP contribution in [0.2, 0.25) is 0 Å². The molecule has 1 fully saturated rings. The molecule has 0 aliphatic carbocycles. The number of thioether (sulfide) groups is 1. The van der Waals surface area contributed by atoms with Crippen molar-refractivity contribution in [3.8, 4) is 0 Å². The second-order valence-electron chi connectivity index (χ2n) is 4.55. The minimum Gasteiger partial charge on any atom is -0.480 e. The number of hydrogen-bond donors (Lipinski definition) is 2. The maximum Gasteiger partial charge on any atom is 0.317 e. The van der Waals surface area contributed by atoms with Crippen molar-refractivity contribution in [1.29, 1.82) is 0 Å². The van der Waals surface area contributed by atoms with Crippen molar-refractivity contribution in [2.75, 3.05) is 45.2 Å². The van der Waals surface area contributed by atoms with Crippen molar-refractivity contribution >= 4 is 30.1 Å². The lowest BCUT2D eigenvalue weighted by atomic mass is 10.2. The Balaban J connectivity index is 0.00000289. The number of aliphatic carboxylic acids is 1. The van der Waals surface area contributed by atoms with Crippen molar-refractivity contribution in [1.82, 2.24) is 9.80 Å². The Kier molecular flexibility index (Phi) is 8.98. The number of aliphatic hydroxyl groups is 1. The average molecular weight is 299 g/mol. The van der Waals surface area contributed by atoms with Gasteiger partial charge in [-0.1, -0.05) is 0 Å². The average Bonchev–Trinajstić information content (AvgIpc) is 2.59. The van der Waals surface area contributed by atoms with Gasteiger partial charge in [-0.15, -0.1) is 12.4 Å². The molecule has 18 heavy (non-hydrogen) atoms. The van der Waals surface area contributed by atoms with Gasteiger partial charge in [-0.25, -0.2) is 0 Å². The largest absolute Gasteiger partial charge is 0.480 e. The fraction of sp³-hybridized carbons (Fsp3) is 0.909. The molecule has 5 nitrogen and oxygen atoms in total. The highest BCUT2D eigenvalue weighted by atomic mass is 35.5. The summed E-state index contributed by atoms with van der Waals surface area (Å²) in [7, 11) is 1.76. The molecule has 1 saturated heterocycles. The number of nitrogens with zero attached hydrogens (tertiary/aromatic N) is 2. The Morgan fingerprint density at radius 3 is 2.72 bits per heavy atom. The molecule has 1 heterocycles. The summed E-state index contributed by atoms with van der Waals surface area (Å²) in [5.41, 5.74) is 0. The minimum absolute atomic E-state index is 0. The van der Waals surface area contributed by atoms with E-state index in [0.29, 0.717) is 6.54 Å². The number of aliphatic hydroxyl groups excluding tert-OH is 1. The molecule has 0 spiro atoms. The van der Waals surface area contributed by atoms with Crippen molar-refractivity contribution < 1.29 is 15.0 Å². The summed E-state index contributed by atoms with van der Waals surface area (Å²) in [6.07, 6.45) is 2.76. The van der Waals surface area contributed by atoms with E-state index in [1.165, 1.54) is 0 Å². The van der Waals surface area contributed by atoms with E-state index >= 15 is 0 Å². The van der Waals surface area contributed by atoms with Crippen LogP contribution in [-0.2, 0) is 4.79 Å². The number of likely N-dealkylation sites (tertiary alicyclic amines) is 1. The lowest BCUT2D eigenvalue weighted by Gasteiger charge is -2.24. The molecule has 1 aliphatic rings. The Bertz CT molecular complexity index is 258. The third kappa shape index (κ3) is 5.75. The zero-order valence-corrected chi connectivity index (χ0v) is 12.5. The van der Waals surface area contributed by atoms with Crippen LogP contribution >= 0.6 is 24.2 Å². The minimum atomic E-state index is -0.847. The summed E-state index contributed by atoms with van der Waals surface area (Å²) in [5, 5.41) is 18.6. The summed E-state index contributed by atoms with van der Waals surface area (Å²) in [4.78, 5) is 14.6. The Morgan fingerprint density at radius 1 is 1.50 bits per heavy atom. The number of likely N-dealkylation sites (N-methyl/N-ethyl adjacent to an activating group) is 1. The predicted octanol–water partition coefficient (Wildman–Crippen LogP) is 0.223. The first-order valence-corrected chi connectivity index (χ1v) is 7.25. The highest BCUT2D eigenvalue weighted by Crippen LogP contribution is 2.15.